The molecule has 2 aliphatic heterocycles. The molecule has 5 rings (SSSR count). The Morgan fingerprint density at radius 1 is 1.09 bits per heavy atom. The van der Waals surface area contributed by atoms with Crippen LogP contribution in [0.1, 0.15) is 68.8 Å². The highest BCUT2D eigenvalue weighted by molar-refractivity contribution is 6.07. The van der Waals surface area contributed by atoms with Gasteiger partial charge in [0.1, 0.15) is 18.1 Å². The number of hydrogen-bond acceptors (Lipinski definition) is 5. The molecule has 1 aliphatic carbocycles. The molecular weight excluding hydrogens is 575 g/mol. The van der Waals surface area contributed by atoms with Crippen molar-refractivity contribution in [3.8, 4) is 6.07 Å². The van der Waals surface area contributed by atoms with Crippen molar-refractivity contribution in [3.63, 3.8) is 0 Å². The number of halogens is 3. The van der Waals surface area contributed by atoms with Crippen molar-refractivity contribution in [3.05, 3.63) is 65.0 Å². The highest BCUT2D eigenvalue weighted by Crippen LogP contribution is 2.46. The number of fused-ring (bicyclic) bond motifs is 2. The van der Waals surface area contributed by atoms with E-state index in [1.54, 1.807) is 24.3 Å². The van der Waals surface area contributed by atoms with Crippen molar-refractivity contribution in [1.82, 2.24) is 15.5 Å². The zero-order valence-electron chi connectivity index (χ0n) is 24.7. The normalized spacial score (nSPS) is 22.2. The lowest BCUT2D eigenvalue weighted by Gasteiger charge is -2.32. The summed E-state index contributed by atoms with van der Waals surface area (Å²) in [7, 11) is 0. The van der Waals surface area contributed by atoms with Gasteiger partial charge in [0.2, 0.25) is 17.7 Å². The van der Waals surface area contributed by atoms with Gasteiger partial charge in [0.25, 0.3) is 5.91 Å². The Bertz CT molecular complexity index is 1540. The van der Waals surface area contributed by atoms with Crippen molar-refractivity contribution in [2.45, 2.75) is 76.4 Å². The predicted molar refractivity (Wildman–Crippen MR) is 153 cm³/mol. The first kappa shape index (κ1) is 31.0. The Labute approximate surface area is 253 Å². The van der Waals surface area contributed by atoms with Gasteiger partial charge in [0.15, 0.2) is 17.5 Å². The lowest BCUT2D eigenvalue weighted by molar-refractivity contribution is -0.138. The monoisotopic (exact) mass is 609 g/mol. The number of carbonyl (C=O) groups excluding carboxylic acids is 4. The molecule has 4 atom stereocenters. The van der Waals surface area contributed by atoms with Crippen molar-refractivity contribution < 1.29 is 32.3 Å². The fourth-order valence-electron chi connectivity index (χ4n) is 6.12. The summed E-state index contributed by atoms with van der Waals surface area (Å²) in [5, 5.41) is 18.1. The summed E-state index contributed by atoms with van der Waals surface area (Å²) in [6, 6.07) is 7.21. The fourth-order valence-corrected chi connectivity index (χ4v) is 6.12. The third kappa shape index (κ3) is 6.14. The second kappa shape index (κ2) is 11.6. The van der Waals surface area contributed by atoms with E-state index in [-0.39, 0.29) is 37.6 Å². The number of nitrogens with one attached hydrogen (secondary N) is 3. The van der Waals surface area contributed by atoms with E-state index in [0.717, 1.165) is 12.8 Å². The molecule has 3 N–H and O–H groups in total. The van der Waals surface area contributed by atoms with Gasteiger partial charge >= 0.3 is 0 Å². The molecule has 9 nitrogen and oxygen atoms in total. The van der Waals surface area contributed by atoms with Crippen LogP contribution >= 0.6 is 0 Å². The van der Waals surface area contributed by atoms with Crippen LogP contribution < -0.4 is 16.0 Å². The van der Waals surface area contributed by atoms with Crippen LogP contribution in [0.5, 0.6) is 0 Å². The second-order valence-corrected chi connectivity index (χ2v) is 13.2. The number of rotatable bonds is 8. The highest BCUT2D eigenvalue weighted by atomic mass is 19.2. The summed E-state index contributed by atoms with van der Waals surface area (Å²) in [6.45, 7) is 5.60. The summed E-state index contributed by atoms with van der Waals surface area (Å²) >= 11 is 0. The first-order chi connectivity index (χ1) is 20.7. The molecule has 2 fully saturated rings. The van der Waals surface area contributed by atoms with Gasteiger partial charge in [-0.1, -0.05) is 51.8 Å². The van der Waals surface area contributed by atoms with E-state index in [1.165, 1.54) is 4.90 Å². The molecule has 1 saturated heterocycles. The van der Waals surface area contributed by atoms with Gasteiger partial charge < -0.3 is 20.9 Å². The van der Waals surface area contributed by atoms with Crippen LogP contribution in [0, 0.1) is 40.1 Å². The molecule has 12 heteroatoms. The zero-order valence-corrected chi connectivity index (χ0v) is 24.7. The first-order valence-electron chi connectivity index (χ1n) is 14.6. The largest absolute Gasteiger partial charge is 0.342 e. The van der Waals surface area contributed by atoms with Crippen LogP contribution in [-0.4, -0.2) is 53.2 Å². The lowest BCUT2D eigenvalue weighted by atomic mass is 9.80. The van der Waals surface area contributed by atoms with Crippen LogP contribution in [0.25, 0.3) is 0 Å². The van der Waals surface area contributed by atoms with Crippen LogP contribution in [-0.2, 0) is 19.8 Å². The Balaban J connectivity index is 1.38. The molecule has 2 aromatic carbocycles. The highest BCUT2D eigenvalue weighted by Gasteiger charge is 2.56. The first-order valence-corrected chi connectivity index (χ1v) is 14.6. The van der Waals surface area contributed by atoms with Gasteiger partial charge in [-0.25, -0.2) is 13.2 Å². The number of likely N-dealkylation sites (tertiary alicyclic amines) is 1. The number of hydrogen-bond donors (Lipinski definition) is 3. The van der Waals surface area contributed by atoms with E-state index < -0.39 is 69.7 Å². The van der Waals surface area contributed by atoms with Gasteiger partial charge in [-0.3, -0.25) is 19.2 Å². The Hall–Kier alpha value is -4.40. The van der Waals surface area contributed by atoms with E-state index in [4.69, 9.17) is 0 Å². The minimum absolute atomic E-state index is 0.0483. The number of benzene rings is 2. The molecule has 232 valence electrons. The SMILES string of the molecule is CC(C)(C)C[C@H](NC(=O)[C@H](CC1CC1)NC(=O)c1cc(F)c(F)c(F)c1)C(=O)N1C[C@]2(C[C@H]1C#N)C(=O)Nc1ccccc12. The fraction of sp³-hybridized carbons (Fsp3) is 0.469. The van der Waals surface area contributed by atoms with Crippen molar-refractivity contribution in [2.75, 3.05) is 11.9 Å². The summed E-state index contributed by atoms with van der Waals surface area (Å²) in [5.41, 5.74) is -0.722. The molecule has 2 aromatic rings. The molecule has 2 heterocycles. The Morgan fingerprint density at radius 2 is 1.75 bits per heavy atom. The van der Waals surface area contributed by atoms with E-state index in [1.807, 2.05) is 20.8 Å². The van der Waals surface area contributed by atoms with E-state index in [9.17, 15) is 37.6 Å². The standard InChI is InChI=1S/C32H34F3N5O4/c1-31(2,3)14-25(29(43)40-16-32(13-19(40)15-36)20-6-4-5-7-23(20)39-30(32)44)38-28(42)24(10-17-8-9-17)37-27(41)18-11-21(33)26(35)22(34)12-18/h4-7,11-12,17,19,24-25H,8-10,13-14,16H2,1-3H3,(H,37,41)(H,38,42)(H,39,44)/t19-,24-,25-,32-/m0/s1. The van der Waals surface area contributed by atoms with Crippen molar-refractivity contribution in [2.24, 2.45) is 11.3 Å². The molecule has 0 unspecified atom stereocenters. The molecule has 4 amide bonds. The number of carbonyl (C=O) groups is 4. The molecule has 0 radical (unpaired) electrons. The average Bonchev–Trinajstić information content (AvgIpc) is 3.63. The smallest absolute Gasteiger partial charge is 0.252 e. The lowest BCUT2D eigenvalue weighted by Crippen LogP contribution is -2.56. The van der Waals surface area contributed by atoms with Gasteiger partial charge in [-0.05, 0) is 47.9 Å². The maximum absolute atomic E-state index is 14.1. The minimum Gasteiger partial charge on any atom is -0.342 e. The predicted octanol–water partition coefficient (Wildman–Crippen LogP) is 3.94. The molecule has 1 saturated carbocycles. The zero-order chi connectivity index (χ0) is 32.0. The summed E-state index contributed by atoms with van der Waals surface area (Å²) in [4.78, 5) is 55.2. The molecule has 0 aromatic heterocycles. The average molecular weight is 610 g/mol. The molecule has 3 aliphatic rings. The van der Waals surface area contributed by atoms with Crippen LogP contribution in [0.15, 0.2) is 36.4 Å². The maximum atomic E-state index is 14.1. The van der Waals surface area contributed by atoms with E-state index >= 15 is 0 Å². The number of nitrogens with zero attached hydrogens (tertiary/aromatic N) is 2. The van der Waals surface area contributed by atoms with E-state index in [2.05, 4.69) is 22.0 Å². The van der Waals surface area contributed by atoms with Crippen LogP contribution in [0.2, 0.25) is 0 Å². The van der Waals surface area contributed by atoms with Crippen LogP contribution in [0.4, 0.5) is 18.9 Å². The molecule has 44 heavy (non-hydrogen) atoms. The number of para-hydroxylation sites is 1. The van der Waals surface area contributed by atoms with Gasteiger partial charge in [0, 0.05) is 24.2 Å². The summed E-state index contributed by atoms with van der Waals surface area (Å²) in [5.74, 6) is -7.14. The Morgan fingerprint density at radius 3 is 2.36 bits per heavy atom. The second-order valence-electron chi connectivity index (χ2n) is 13.2. The molecule has 1 spiro atoms. The summed E-state index contributed by atoms with van der Waals surface area (Å²) < 4.78 is 41.0. The van der Waals surface area contributed by atoms with Gasteiger partial charge in [0.05, 0.1) is 11.5 Å². The van der Waals surface area contributed by atoms with Gasteiger partial charge in [-0.15, -0.1) is 0 Å². The van der Waals surface area contributed by atoms with E-state index in [0.29, 0.717) is 23.4 Å². The third-order valence-electron chi connectivity index (χ3n) is 8.48. The van der Waals surface area contributed by atoms with Crippen LogP contribution in [0.3, 0.4) is 0 Å². The minimum atomic E-state index is -1.71. The Kier molecular flexibility index (Phi) is 8.18. The number of anilines is 1. The maximum Gasteiger partial charge on any atom is 0.252 e. The molecular formula is C32H34F3N5O4. The van der Waals surface area contributed by atoms with Gasteiger partial charge in [-0.2, -0.15) is 5.26 Å². The molecule has 0 bridgehead atoms. The quantitative estimate of drug-likeness (QED) is 0.391. The topological polar surface area (TPSA) is 131 Å². The third-order valence-corrected chi connectivity index (χ3v) is 8.48. The number of nitriles is 1. The van der Waals surface area contributed by atoms with Crippen molar-refractivity contribution >= 4 is 29.3 Å². The summed E-state index contributed by atoms with van der Waals surface area (Å²) in [6.07, 6.45) is 2.16. The van der Waals surface area contributed by atoms with Crippen molar-refractivity contribution in [1.29, 1.82) is 5.26 Å². The number of amides is 4.